The maximum atomic E-state index is 2.48. The molecular formula is C58H45NSi. The van der Waals surface area contributed by atoms with Crippen molar-refractivity contribution in [3.63, 3.8) is 0 Å². The minimum Gasteiger partial charge on any atom is -0.309 e. The standard InChI is InChI=1S/C58H45NSi/c1-41-51-35-33-43(37-55(51)52-30-15-14-21-45(52)39-54(41)42-19-6-2-7-20-42)44-34-36-58-56(38-44)53-31-16-17-32-57(53)59(58)46-22-18-29-50(40-46)60(47-23-8-3-9-24-47,48-25-10-4-11-26-48)49-27-12-5-13-28-49/h2-38,40-41,54H,39H2,1H3. The average molecular weight is 784 g/mol. The summed E-state index contributed by atoms with van der Waals surface area (Å²) in [5.41, 5.74) is 13.1. The maximum absolute atomic E-state index is 2.71. The molecule has 0 aliphatic heterocycles. The quantitative estimate of drug-likeness (QED) is 0.112. The first kappa shape index (κ1) is 36.1. The molecule has 9 aromatic carbocycles. The van der Waals surface area contributed by atoms with Crippen molar-refractivity contribution in [3.8, 4) is 27.9 Å². The largest absolute Gasteiger partial charge is 0.309 e. The van der Waals surface area contributed by atoms with E-state index < -0.39 is 8.07 Å². The van der Waals surface area contributed by atoms with Gasteiger partial charge >= 0.3 is 0 Å². The van der Waals surface area contributed by atoms with E-state index in [1.807, 2.05) is 0 Å². The first-order chi connectivity index (χ1) is 29.7. The van der Waals surface area contributed by atoms with E-state index in [0.29, 0.717) is 11.8 Å². The zero-order valence-electron chi connectivity index (χ0n) is 33.7. The van der Waals surface area contributed by atoms with Gasteiger partial charge in [-0.25, -0.2) is 0 Å². The van der Waals surface area contributed by atoms with Crippen LogP contribution in [0.4, 0.5) is 0 Å². The van der Waals surface area contributed by atoms with E-state index in [1.165, 1.54) is 87.2 Å². The predicted molar refractivity (Wildman–Crippen MR) is 257 cm³/mol. The summed E-state index contributed by atoms with van der Waals surface area (Å²) >= 11 is 0. The Morgan fingerprint density at radius 2 is 0.967 bits per heavy atom. The lowest BCUT2D eigenvalue weighted by Crippen LogP contribution is -2.74. The molecule has 1 heterocycles. The van der Waals surface area contributed by atoms with Crippen molar-refractivity contribution in [1.82, 2.24) is 4.57 Å². The number of hydrogen-bond acceptors (Lipinski definition) is 0. The summed E-state index contributed by atoms with van der Waals surface area (Å²) in [5.74, 6) is 0.800. The van der Waals surface area contributed by atoms with Crippen LogP contribution in [-0.2, 0) is 6.42 Å². The Hall–Kier alpha value is -7.00. The van der Waals surface area contributed by atoms with Crippen LogP contribution < -0.4 is 20.7 Å². The third kappa shape index (κ3) is 5.90. The van der Waals surface area contributed by atoms with Gasteiger partial charge in [0.1, 0.15) is 0 Å². The van der Waals surface area contributed by atoms with Gasteiger partial charge in [0, 0.05) is 16.5 Å². The van der Waals surface area contributed by atoms with Gasteiger partial charge in [-0.15, -0.1) is 0 Å². The zero-order valence-corrected chi connectivity index (χ0v) is 34.7. The topological polar surface area (TPSA) is 4.93 Å². The van der Waals surface area contributed by atoms with Gasteiger partial charge < -0.3 is 4.57 Å². The van der Waals surface area contributed by atoms with E-state index in [1.54, 1.807) is 0 Å². The van der Waals surface area contributed by atoms with Crippen LogP contribution in [0.3, 0.4) is 0 Å². The third-order valence-corrected chi connectivity index (χ3v) is 18.1. The number of para-hydroxylation sites is 1. The fraction of sp³-hybridized carbons (Fsp3) is 0.0690. The van der Waals surface area contributed by atoms with Crippen molar-refractivity contribution in [3.05, 3.63) is 247 Å². The molecule has 1 nitrogen and oxygen atoms in total. The zero-order chi connectivity index (χ0) is 40.0. The van der Waals surface area contributed by atoms with E-state index in [9.17, 15) is 0 Å². The summed E-state index contributed by atoms with van der Waals surface area (Å²) in [6, 6.07) is 86.4. The molecule has 60 heavy (non-hydrogen) atoms. The van der Waals surface area contributed by atoms with Gasteiger partial charge in [0.15, 0.2) is 8.07 Å². The van der Waals surface area contributed by atoms with E-state index in [0.717, 1.165) is 6.42 Å². The van der Waals surface area contributed by atoms with Crippen LogP contribution in [0.15, 0.2) is 231 Å². The molecule has 0 saturated carbocycles. The average Bonchev–Trinajstić information content (AvgIpc) is 3.59. The molecule has 0 bridgehead atoms. The Kier molecular flexibility index (Phi) is 9.02. The second kappa shape index (κ2) is 15.0. The lowest BCUT2D eigenvalue weighted by Gasteiger charge is -2.34. The highest BCUT2D eigenvalue weighted by Crippen LogP contribution is 2.46. The molecule has 0 spiro atoms. The fourth-order valence-corrected chi connectivity index (χ4v) is 15.2. The molecule has 1 aliphatic carbocycles. The van der Waals surface area contributed by atoms with Gasteiger partial charge in [-0.3, -0.25) is 0 Å². The maximum Gasteiger partial charge on any atom is 0.179 e. The summed E-state index contributed by atoms with van der Waals surface area (Å²) in [4.78, 5) is 0. The molecule has 0 N–H and O–H groups in total. The second-order valence-corrected chi connectivity index (χ2v) is 20.3. The van der Waals surface area contributed by atoms with Crippen LogP contribution in [0, 0.1) is 0 Å². The van der Waals surface area contributed by atoms with Crippen molar-refractivity contribution in [2.75, 3.05) is 0 Å². The summed E-state index contributed by atoms with van der Waals surface area (Å²) < 4.78 is 2.48. The fourth-order valence-electron chi connectivity index (χ4n) is 10.4. The van der Waals surface area contributed by atoms with Crippen LogP contribution in [0.25, 0.3) is 49.7 Å². The van der Waals surface area contributed by atoms with Crippen LogP contribution in [0.2, 0.25) is 0 Å². The van der Waals surface area contributed by atoms with Crippen molar-refractivity contribution in [1.29, 1.82) is 0 Å². The summed E-state index contributed by atoms with van der Waals surface area (Å²) in [5, 5.41) is 8.01. The number of nitrogens with zero attached hydrogens (tertiary/aromatic N) is 1. The lowest BCUT2D eigenvalue weighted by atomic mass is 9.80. The Morgan fingerprint density at radius 3 is 1.67 bits per heavy atom. The molecule has 0 radical (unpaired) electrons. The van der Waals surface area contributed by atoms with Crippen LogP contribution >= 0.6 is 0 Å². The predicted octanol–water partition coefficient (Wildman–Crippen LogP) is 11.9. The number of rotatable bonds is 7. The minimum absolute atomic E-state index is 0.382. The summed E-state index contributed by atoms with van der Waals surface area (Å²) in [7, 11) is -2.71. The van der Waals surface area contributed by atoms with Crippen LogP contribution in [0.1, 0.15) is 35.4 Å². The van der Waals surface area contributed by atoms with Gasteiger partial charge in [-0.2, -0.15) is 0 Å². The monoisotopic (exact) mass is 783 g/mol. The molecule has 10 aromatic rings. The third-order valence-electron chi connectivity index (χ3n) is 13.3. The van der Waals surface area contributed by atoms with E-state index >= 15 is 0 Å². The van der Waals surface area contributed by atoms with Crippen LogP contribution in [-0.4, -0.2) is 12.6 Å². The summed E-state index contributed by atoms with van der Waals surface area (Å²) in [6.45, 7) is 2.42. The number of fused-ring (bicyclic) bond motifs is 6. The minimum atomic E-state index is -2.71. The number of hydrogen-bond donors (Lipinski definition) is 0. The van der Waals surface area contributed by atoms with Gasteiger partial charge in [-0.05, 0) is 114 Å². The lowest BCUT2D eigenvalue weighted by molar-refractivity contribution is 0.579. The van der Waals surface area contributed by atoms with Crippen molar-refractivity contribution in [2.24, 2.45) is 0 Å². The van der Waals surface area contributed by atoms with Gasteiger partial charge in [0.2, 0.25) is 0 Å². The van der Waals surface area contributed by atoms with Crippen molar-refractivity contribution in [2.45, 2.75) is 25.2 Å². The Balaban J connectivity index is 1.07. The van der Waals surface area contributed by atoms with Gasteiger partial charge in [0.25, 0.3) is 0 Å². The molecule has 2 atom stereocenters. The van der Waals surface area contributed by atoms with Crippen molar-refractivity contribution < 1.29 is 0 Å². The summed E-state index contributed by atoms with van der Waals surface area (Å²) in [6.07, 6.45) is 1.03. The molecular weight excluding hydrogens is 739 g/mol. The smallest absolute Gasteiger partial charge is 0.179 e. The van der Waals surface area contributed by atoms with Gasteiger partial charge in [-0.1, -0.05) is 201 Å². The van der Waals surface area contributed by atoms with E-state index in [2.05, 4.69) is 242 Å². The molecule has 0 fully saturated rings. The highest BCUT2D eigenvalue weighted by molar-refractivity contribution is 7.19. The molecule has 0 saturated heterocycles. The molecule has 0 amide bonds. The number of aromatic nitrogens is 1. The van der Waals surface area contributed by atoms with E-state index in [-0.39, 0.29) is 0 Å². The Morgan fingerprint density at radius 1 is 0.417 bits per heavy atom. The normalized spacial score (nSPS) is 15.0. The van der Waals surface area contributed by atoms with Gasteiger partial charge in [0.05, 0.1) is 11.0 Å². The molecule has 2 unspecified atom stereocenters. The SMILES string of the molecule is CC1c2ccc(-c3ccc4c(c3)c3ccccc3n4-c3cccc([Si](c4ccccc4)(c4ccccc4)c4ccccc4)c3)cc2-c2ccccc2CC1c1ccccc1. The second-order valence-electron chi connectivity index (χ2n) is 16.5. The molecule has 1 aliphatic rings. The van der Waals surface area contributed by atoms with Crippen LogP contribution in [0.5, 0.6) is 0 Å². The molecule has 2 heteroatoms. The Labute approximate surface area is 353 Å². The molecule has 11 rings (SSSR count). The first-order valence-corrected chi connectivity index (χ1v) is 23.3. The molecule has 286 valence electrons. The number of benzene rings is 9. The van der Waals surface area contributed by atoms with Crippen molar-refractivity contribution >= 4 is 50.6 Å². The molecule has 1 aromatic heterocycles. The first-order valence-electron chi connectivity index (χ1n) is 21.3. The highest BCUT2D eigenvalue weighted by atomic mass is 28.3. The van der Waals surface area contributed by atoms with E-state index in [4.69, 9.17) is 0 Å². The highest BCUT2D eigenvalue weighted by Gasteiger charge is 2.41. The Bertz CT molecular complexity index is 3030.